The molecule has 1 fully saturated rings. The van der Waals surface area contributed by atoms with Crippen LogP contribution in [0.2, 0.25) is 10.0 Å². The summed E-state index contributed by atoms with van der Waals surface area (Å²) in [5, 5.41) is 0.489. The second kappa shape index (κ2) is 6.41. The Morgan fingerprint density at radius 2 is 1.95 bits per heavy atom. The largest absolute Gasteiger partial charge is 0.510 e. The molecule has 0 N–H and O–H groups in total. The molecule has 1 saturated heterocycles. The van der Waals surface area contributed by atoms with Crippen LogP contribution < -0.4 is 4.90 Å². The van der Waals surface area contributed by atoms with E-state index in [0.717, 1.165) is 9.80 Å². The van der Waals surface area contributed by atoms with E-state index in [2.05, 4.69) is 4.74 Å². The second-order valence-electron chi connectivity index (χ2n) is 4.30. The number of ether oxygens (including phenoxy) is 2. The van der Waals surface area contributed by atoms with Crippen molar-refractivity contribution >= 4 is 47.0 Å². The summed E-state index contributed by atoms with van der Waals surface area (Å²) in [4.78, 5) is 37.5. The summed E-state index contributed by atoms with van der Waals surface area (Å²) in [6.07, 6.45) is -2.50. The average Bonchev–Trinajstić information content (AvgIpc) is 2.67. The standard InChI is InChI=1S/C13H12Cl2N2O5/c1-3-21-13(20)22-11-10(18)16(2)12(19)17(11)7-4-5-8(14)9(15)6-7/h4-6,11H,3H2,1-2H3/t11-/m0/s1. The van der Waals surface area contributed by atoms with Gasteiger partial charge in [-0.1, -0.05) is 23.2 Å². The molecule has 9 heteroatoms. The van der Waals surface area contributed by atoms with E-state index in [4.69, 9.17) is 27.9 Å². The zero-order valence-corrected chi connectivity index (χ0v) is 13.2. The fraction of sp³-hybridized carbons (Fsp3) is 0.308. The van der Waals surface area contributed by atoms with Crippen molar-refractivity contribution in [3.05, 3.63) is 28.2 Å². The average molecular weight is 347 g/mol. The number of imide groups is 1. The van der Waals surface area contributed by atoms with Gasteiger partial charge in [0.25, 0.3) is 12.1 Å². The summed E-state index contributed by atoms with van der Waals surface area (Å²) in [6.45, 7) is 1.67. The molecule has 3 amide bonds. The minimum atomic E-state index is -1.45. The maximum Gasteiger partial charge on any atom is 0.510 e. The lowest BCUT2D eigenvalue weighted by Crippen LogP contribution is -2.39. The molecule has 0 bridgehead atoms. The van der Waals surface area contributed by atoms with Crippen LogP contribution in [0.1, 0.15) is 6.92 Å². The number of urea groups is 1. The topological polar surface area (TPSA) is 76.1 Å². The van der Waals surface area contributed by atoms with Gasteiger partial charge in [-0.05, 0) is 25.1 Å². The van der Waals surface area contributed by atoms with Gasteiger partial charge in [0.1, 0.15) is 0 Å². The van der Waals surface area contributed by atoms with Crippen LogP contribution in [0.3, 0.4) is 0 Å². The van der Waals surface area contributed by atoms with Crippen LogP contribution >= 0.6 is 23.2 Å². The molecule has 1 aromatic rings. The zero-order chi connectivity index (χ0) is 16.4. The molecule has 1 heterocycles. The molecule has 0 spiro atoms. The molecule has 22 heavy (non-hydrogen) atoms. The number of anilines is 1. The van der Waals surface area contributed by atoms with Crippen LogP contribution in [-0.2, 0) is 14.3 Å². The van der Waals surface area contributed by atoms with Crippen molar-refractivity contribution in [3.63, 3.8) is 0 Å². The molecule has 0 radical (unpaired) electrons. The van der Waals surface area contributed by atoms with Gasteiger partial charge in [0.15, 0.2) is 0 Å². The third kappa shape index (κ3) is 2.95. The number of nitrogens with zero attached hydrogens (tertiary/aromatic N) is 2. The number of hydrogen-bond donors (Lipinski definition) is 0. The summed E-state index contributed by atoms with van der Waals surface area (Å²) >= 11 is 11.7. The van der Waals surface area contributed by atoms with Crippen molar-refractivity contribution in [1.29, 1.82) is 0 Å². The van der Waals surface area contributed by atoms with Crippen LogP contribution in [0.4, 0.5) is 15.3 Å². The molecule has 1 aliphatic heterocycles. The predicted molar refractivity (Wildman–Crippen MR) is 79.0 cm³/mol. The monoisotopic (exact) mass is 346 g/mol. The molecule has 7 nitrogen and oxygen atoms in total. The van der Waals surface area contributed by atoms with E-state index < -0.39 is 24.3 Å². The highest BCUT2D eigenvalue weighted by Gasteiger charge is 2.47. The zero-order valence-electron chi connectivity index (χ0n) is 11.7. The van der Waals surface area contributed by atoms with Gasteiger partial charge < -0.3 is 9.47 Å². The summed E-state index contributed by atoms with van der Waals surface area (Å²) in [7, 11) is 1.28. The van der Waals surface area contributed by atoms with Gasteiger partial charge in [0.2, 0.25) is 0 Å². The van der Waals surface area contributed by atoms with Gasteiger partial charge in [-0.3, -0.25) is 9.69 Å². The summed E-state index contributed by atoms with van der Waals surface area (Å²) in [5.41, 5.74) is 0.270. The van der Waals surface area contributed by atoms with E-state index in [1.54, 1.807) is 6.92 Å². The van der Waals surface area contributed by atoms with Gasteiger partial charge in [0.05, 0.1) is 22.3 Å². The lowest BCUT2D eigenvalue weighted by atomic mass is 10.3. The molecule has 0 saturated carbocycles. The number of hydrogen-bond acceptors (Lipinski definition) is 5. The predicted octanol–water partition coefficient (Wildman–Crippen LogP) is 2.89. The number of benzene rings is 1. The number of rotatable bonds is 3. The van der Waals surface area contributed by atoms with Gasteiger partial charge in [-0.15, -0.1) is 0 Å². The lowest BCUT2D eigenvalue weighted by Gasteiger charge is -2.21. The van der Waals surface area contributed by atoms with Crippen LogP contribution in [0.5, 0.6) is 0 Å². The molecule has 0 aliphatic carbocycles. The van der Waals surface area contributed by atoms with E-state index in [1.807, 2.05) is 0 Å². The Labute approximate surface area is 136 Å². The third-order valence-corrected chi connectivity index (χ3v) is 3.66. The number of amides is 3. The normalized spacial score (nSPS) is 17.9. The molecule has 1 aromatic carbocycles. The van der Waals surface area contributed by atoms with E-state index in [0.29, 0.717) is 5.02 Å². The lowest BCUT2D eigenvalue weighted by molar-refractivity contribution is -0.133. The molecule has 0 unspecified atom stereocenters. The van der Waals surface area contributed by atoms with Crippen molar-refractivity contribution in [2.45, 2.75) is 13.2 Å². The number of carbonyl (C=O) groups excluding carboxylic acids is 3. The number of likely N-dealkylation sites (N-methyl/N-ethyl adjacent to an activating group) is 1. The number of halogens is 2. The first-order valence-electron chi connectivity index (χ1n) is 6.26. The highest BCUT2D eigenvalue weighted by atomic mass is 35.5. The first kappa shape index (κ1) is 16.4. The van der Waals surface area contributed by atoms with Gasteiger partial charge in [0, 0.05) is 7.05 Å². The smallest absolute Gasteiger partial charge is 0.435 e. The van der Waals surface area contributed by atoms with Crippen molar-refractivity contribution < 1.29 is 23.9 Å². The molecule has 1 atom stereocenters. The molecule has 0 aromatic heterocycles. The van der Waals surface area contributed by atoms with Crippen LogP contribution in [-0.4, -0.2) is 42.9 Å². The van der Waals surface area contributed by atoms with E-state index in [-0.39, 0.29) is 17.3 Å². The third-order valence-electron chi connectivity index (χ3n) is 2.92. The summed E-state index contributed by atoms with van der Waals surface area (Å²) in [5.74, 6) is -0.691. The Morgan fingerprint density at radius 3 is 2.55 bits per heavy atom. The molecule has 1 aliphatic rings. The van der Waals surface area contributed by atoms with Crippen LogP contribution in [0, 0.1) is 0 Å². The fourth-order valence-electron chi connectivity index (χ4n) is 1.86. The van der Waals surface area contributed by atoms with Gasteiger partial charge in [-0.25, -0.2) is 14.5 Å². The maximum atomic E-state index is 12.2. The number of carbonyl (C=O) groups is 3. The quantitative estimate of drug-likeness (QED) is 0.621. The van der Waals surface area contributed by atoms with E-state index in [9.17, 15) is 14.4 Å². The molecule has 118 valence electrons. The Morgan fingerprint density at radius 1 is 1.27 bits per heavy atom. The minimum absolute atomic E-state index is 0.0797. The molecule has 2 rings (SSSR count). The first-order chi connectivity index (χ1) is 10.4. The van der Waals surface area contributed by atoms with Crippen molar-refractivity contribution in [2.24, 2.45) is 0 Å². The SMILES string of the molecule is CCOC(=O)O[C@H]1C(=O)N(C)C(=O)N1c1ccc(Cl)c(Cl)c1. The van der Waals surface area contributed by atoms with E-state index >= 15 is 0 Å². The minimum Gasteiger partial charge on any atom is -0.435 e. The van der Waals surface area contributed by atoms with Gasteiger partial charge in [-0.2, -0.15) is 0 Å². The highest BCUT2D eigenvalue weighted by molar-refractivity contribution is 6.42. The van der Waals surface area contributed by atoms with Crippen LogP contribution in [0.25, 0.3) is 0 Å². The Bertz CT molecular complexity index is 637. The molecular formula is C13H12Cl2N2O5. The van der Waals surface area contributed by atoms with E-state index in [1.165, 1.54) is 25.2 Å². The Hall–Kier alpha value is -1.99. The van der Waals surface area contributed by atoms with Crippen molar-refractivity contribution in [1.82, 2.24) is 4.90 Å². The maximum absolute atomic E-state index is 12.2. The summed E-state index contributed by atoms with van der Waals surface area (Å²) < 4.78 is 9.55. The molecular weight excluding hydrogens is 335 g/mol. The highest BCUT2D eigenvalue weighted by Crippen LogP contribution is 2.31. The fourth-order valence-corrected chi connectivity index (χ4v) is 2.15. The van der Waals surface area contributed by atoms with Gasteiger partial charge >= 0.3 is 12.2 Å². The summed E-state index contributed by atoms with van der Waals surface area (Å²) in [6, 6.07) is 3.70. The second-order valence-corrected chi connectivity index (χ2v) is 5.12. The van der Waals surface area contributed by atoms with Crippen molar-refractivity contribution in [2.75, 3.05) is 18.6 Å². The Kier molecular flexibility index (Phi) is 4.77. The van der Waals surface area contributed by atoms with Crippen molar-refractivity contribution in [3.8, 4) is 0 Å². The van der Waals surface area contributed by atoms with Crippen LogP contribution in [0.15, 0.2) is 18.2 Å². The first-order valence-corrected chi connectivity index (χ1v) is 7.01. The Balaban J connectivity index is 2.35.